The second-order valence-electron chi connectivity index (χ2n) is 1.52. The molecule has 0 fully saturated rings. The predicted molar refractivity (Wildman–Crippen MR) is 25.3 cm³/mol. The van der Waals surface area contributed by atoms with Gasteiger partial charge in [-0.1, -0.05) is 0 Å². The van der Waals surface area contributed by atoms with E-state index in [-0.39, 0.29) is 0 Å². The molecule has 0 aliphatic rings. The van der Waals surface area contributed by atoms with Crippen LogP contribution < -0.4 is 0 Å². The lowest BCUT2D eigenvalue weighted by Gasteiger charge is -2.05. The van der Waals surface area contributed by atoms with Crippen molar-refractivity contribution < 1.29 is 20.1 Å². The largest absolute Gasteiger partial charge is 0.479 e. The van der Waals surface area contributed by atoms with Crippen LogP contribution in [0.2, 0.25) is 0 Å². The van der Waals surface area contributed by atoms with Crippen molar-refractivity contribution >= 4 is 5.97 Å². The summed E-state index contributed by atoms with van der Waals surface area (Å²) in [6.45, 7) is 1.21. The molecule has 0 rings (SSSR count). The zero-order chi connectivity index (χ0) is 6.73. The predicted octanol–water partition coefficient (Wildman–Crippen LogP) is -1.19. The van der Waals surface area contributed by atoms with Gasteiger partial charge in [-0.25, -0.2) is 4.79 Å². The molecule has 0 spiro atoms. The van der Waals surface area contributed by atoms with E-state index in [4.69, 9.17) is 15.3 Å². The van der Waals surface area contributed by atoms with E-state index < -0.39 is 18.2 Å². The maximum absolute atomic E-state index is 9.73. The summed E-state index contributed by atoms with van der Waals surface area (Å²) in [6, 6.07) is 0. The molecule has 4 heteroatoms. The smallest absolute Gasteiger partial charge is 0.335 e. The van der Waals surface area contributed by atoms with E-state index in [1.807, 2.05) is 0 Å². The minimum atomic E-state index is -1.66. The highest BCUT2D eigenvalue weighted by Gasteiger charge is 2.18. The minimum absolute atomic E-state index is 1.20. The van der Waals surface area contributed by atoms with Crippen LogP contribution in [0.25, 0.3) is 0 Å². The van der Waals surface area contributed by atoms with Crippen LogP contribution in [-0.4, -0.2) is 33.5 Å². The molecule has 0 aromatic rings. The van der Waals surface area contributed by atoms with Gasteiger partial charge in [0.1, 0.15) is 0 Å². The maximum Gasteiger partial charge on any atom is 0.335 e. The molecule has 0 unspecified atom stereocenters. The van der Waals surface area contributed by atoms with Gasteiger partial charge in [0.15, 0.2) is 6.10 Å². The van der Waals surface area contributed by atoms with E-state index in [0.29, 0.717) is 0 Å². The van der Waals surface area contributed by atoms with E-state index in [1.54, 1.807) is 0 Å². The fraction of sp³-hybridized carbons (Fsp3) is 0.750. The summed E-state index contributed by atoms with van der Waals surface area (Å²) in [5.74, 6) is -1.40. The third-order valence-electron chi connectivity index (χ3n) is 0.710. The lowest BCUT2D eigenvalue weighted by Crippen LogP contribution is -2.30. The SMILES string of the molecule is C[C@H](O)[C@H](O)C(=O)O. The van der Waals surface area contributed by atoms with Crippen LogP contribution in [0.3, 0.4) is 0 Å². The van der Waals surface area contributed by atoms with E-state index in [9.17, 15) is 4.79 Å². The molecule has 48 valence electrons. The number of rotatable bonds is 2. The van der Waals surface area contributed by atoms with E-state index in [1.165, 1.54) is 6.92 Å². The normalized spacial score (nSPS) is 17.4. The van der Waals surface area contributed by atoms with Crippen LogP contribution in [0.1, 0.15) is 6.92 Å². The molecular weight excluding hydrogens is 112 g/mol. The molecule has 0 bridgehead atoms. The van der Waals surface area contributed by atoms with Crippen molar-refractivity contribution in [2.45, 2.75) is 19.1 Å². The summed E-state index contributed by atoms with van der Waals surface area (Å²) in [5, 5.41) is 24.7. The van der Waals surface area contributed by atoms with Crippen molar-refractivity contribution in [2.75, 3.05) is 0 Å². The van der Waals surface area contributed by atoms with Gasteiger partial charge in [0, 0.05) is 0 Å². The monoisotopic (exact) mass is 120 g/mol. The van der Waals surface area contributed by atoms with Crippen molar-refractivity contribution in [3.05, 3.63) is 0 Å². The van der Waals surface area contributed by atoms with Crippen LogP contribution in [-0.2, 0) is 4.79 Å². The molecule has 0 aromatic heterocycles. The van der Waals surface area contributed by atoms with Crippen molar-refractivity contribution in [1.29, 1.82) is 0 Å². The van der Waals surface area contributed by atoms with Crippen LogP contribution in [0.15, 0.2) is 0 Å². The second-order valence-corrected chi connectivity index (χ2v) is 1.52. The number of hydrogen-bond acceptors (Lipinski definition) is 3. The maximum atomic E-state index is 9.73. The molecule has 0 saturated carbocycles. The highest BCUT2D eigenvalue weighted by Crippen LogP contribution is 1.89. The second kappa shape index (κ2) is 2.64. The number of carboxylic acids is 1. The average molecular weight is 120 g/mol. The number of hydrogen-bond donors (Lipinski definition) is 3. The molecule has 0 saturated heterocycles. The van der Waals surface area contributed by atoms with Crippen molar-refractivity contribution in [2.24, 2.45) is 0 Å². The molecule has 0 amide bonds. The number of carbonyl (C=O) groups is 1. The number of aliphatic hydroxyl groups is 2. The summed E-state index contributed by atoms with van der Waals surface area (Å²) < 4.78 is 0. The summed E-state index contributed by atoms with van der Waals surface area (Å²) in [4.78, 5) is 9.73. The third kappa shape index (κ3) is 1.90. The Bertz CT molecular complexity index is 88.0. The Hall–Kier alpha value is -0.610. The van der Waals surface area contributed by atoms with Crippen LogP contribution in [0.5, 0.6) is 0 Å². The molecule has 8 heavy (non-hydrogen) atoms. The van der Waals surface area contributed by atoms with Crippen molar-refractivity contribution in [3.8, 4) is 0 Å². The number of aliphatic carboxylic acids is 1. The highest BCUT2D eigenvalue weighted by atomic mass is 16.4. The van der Waals surface area contributed by atoms with Crippen LogP contribution >= 0.6 is 0 Å². The topological polar surface area (TPSA) is 77.8 Å². The molecule has 0 radical (unpaired) electrons. The summed E-state index contributed by atoms with van der Waals surface area (Å²) in [7, 11) is 0. The molecule has 3 N–H and O–H groups in total. The third-order valence-corrected chi connectivity index (χ3v) is 0.710. The van der Waals surface area contributed by atoms with Gasteiger partial charge in [-0.05, 0) is 6.92 Å². The summed E-state index contributed by atoms with van der Waals surface area (Å²) >= 11 is 0. The molecule has 0 aliphatic carbocycles. The van der Waals surface area contributed by atoms with Gasteiger partial charge in [0.05, 0.1) is 6.10 Å². The van der Waals surface area contributed by atoms with Gasteiger partial charge >= 0.3 is 5.97 Å². The lowest BCUT2D eigenvalue weighted by atomic mass is 10.2. The fourth-order valence-electron chi connectivity index (χ4n) is 0.206. The number of carboxylic acid groups (broad SMARTS) is 1. The lowest BCUT2D eigenvalue weighted by molar-refractivity contribution is -0.151. The van der Waals surface area contributed by atoms with Gasteiger partial charge in [-0.2, -0.15) is 0 Å². The first-order valence-corrected chi connectivity index (χ1v) is 2.14. The molecule has 0 aliphatic heterocycles. The van der Waals surface area contributed by atoms with Crippen molar-refractivity contribution in [1.82, 2.24) is 0 Å². The van der Waals surface area contributed by atoms with Gasteiger partial charge < -0.3 is 15.3 Å². The van der Waals surface area contributed by atoms with Crippen LogP contribution in [0, 0.1) is 0 Å². The van der Waals surface area contributed by atoms with Crippen LogP contribution in [0.4, 0.5) is 0 Å². The van der Waals surface area contributed by atoms with Crippen molar-refractivity contribution in [3.63, 3.8) is 0 Å². The van der Waals surface area contributed by atoms with E-state index in [2.05, 4.69) is 0 Å². The van der Waals surface area contributed by atoms with Gasteiger partial charge in [-0.15, -0.1) is 0 Å². The first-order chi connectivity index (χ1) is 3.55. The molecular formula is C4H8O4. The van der Waals surface area contributed by atoms with Gasteiger partial charge in [-0.3, -0.25) is 0 Å². The molecule has 2 atom stereocenters. The van der Waals surface area contributed by atoms with E-state index in [0.717, 1.165) is 0 Å². The standard InChI is InChI=1S/C4H8O4/c1-2(5)3(6)4(7)8/h2-3,5-6H,1H3,(H,7,8)/t2-,3-/m0/s1. The quantitative estimate of drug-likeness (QED) is 0.428. The highest BCUT2D eigenvalue weighted by molar-refractivity contribution is 5.72. The summed E-state index contributed by atoms with van der Waals surface area (Å²) in [6.07, 6.45) is -2.86. The Labute approximate surface area is 46.4 Å². The van der Waals surface area contributed by atoms with Gasteiger partial charge in [0.2, 0.25) is 0 Å². The Morgan fingerprint density at radius 3 is 1.88 bits per heavy atom. The van der Waals surface area contributed by atoms with Gasteiger partial charge in [0.25, 0.3) is 0 Å². The van der Waals surface area contributed by atoms with E-state index >= 15 is 0 Å². The number of aliphatic hydroxyl groups excluding tert-OH is 2. The first-order valence-electron chi connectivity index (χ1n) is 2.14. The Morgan fingerprint density at radius 2 is 1.88 bits per heavy atom. The Kier molecular flexibility index (Phi) is 2.44. The zero-order valence-corrected chi connectivity index (χ0v) is 4.40. The Morgan fingerprint density at radius 1 is 1.50 bits per heavy atom. The fourth-order valence-corrected chi connectivity index (χ4v) is 0.206. The molecule has 0 aromatic carbocycles. The molecule has 0 heterocycles. The minimum Gasteiger partial charge on any atom is -0.479 e. The Balaban J connectivity index is 3.64. The molecule has 4 nitrogen and oxygen atoms in total. The average Bonchev–Trinajstić information content (AvgIpc) is 1.64. The zero-order valence-electron chi connectivity index (χ0n) is 4.40. The first kappa shape index (κ1) is 7.39. The summed E-state index contributed by atoms with van der Waals surface area (Å²) in [5.41, 5.74) is 0.